The molecule has 0 aliphatic heterocycles. The summed E-state index contributed by atoms with van der Waals surface area (Å²) in [6, 6.07) is 38.8. The Bertz CT molecular complexity index is 2520. The van der Waals surface area contributed by atoms with E-state index in [-0.39, 0.29) is 17.3 Å². The lowest BCUT2D eigenvalue weighted by atomic mass is 10.1. The van der Waals surface area contributed by atoms with Crippen LogP contribution in [-0.2, 0) is 9.59 Å². The molecular formula is C41H30N6O5S2. The fourth-order valence-corrected chi connectivity index (χ4v) is 7.41. The summed E-state index contributed by atoms with van der Waals surface area (Å²) in [6.45, 7) is 0. The molecule has 0 radical (unpaired) electrons. The molecule has 7 rings (SSSR count). The molecule has 0 bridgehead atoms. The number of nitrogens with one attached hydrogen (secondary N) is 4. The monoisotopic (exact) mass is 750 g/mol. The fraction of sp³-hybridized carbons (Fsp3) is 0.0244. The number of rotatable bonds is 12. The number of anilines is 2. The molecule has 0 saturated heterocycles. The van der Waals surface area contributed by atoms with Gasteiger partial charge < -0.3 is 20.9 Å². The molecule has 4 N–H and O–H groups in total. The number of hydrogen-bond acceptors (Lipinski definition) is 8. The van der Waals surface area contributed by atoms with Crippen LogP contribution in [0.4, 0.5) is 16.5 Å². The molecule has 0 aliphatic rings. The second-order valence-electron chi connectivity index (χ2n) is 11.9. The number of nitro benzene ring substituents is 1. The standard InChI is InChI=1S/C41H30N6O5S2/c48-38(27-13-5-2-6-14-27)44-35(22-29-24-42-34-20-8-7-19-33(29)34)39(49)43-30-16-10-18-32(23-30)54-37(26-11-3-1-4-12-26)40(50)46-41-45-36(25-53-41)28-15-9-17-31(21-28)47(51)52/h1-25,37,42H,(H,43,49)(H,44,48)(H,45,46,50)/b35-22-. The number of thiazole rings is 1. The van der Waals surface area contributed by atoms with Crippen LogP contribution in [0.5, 0.6) is 0 Å². The van der Waals surface area contributed by atoms with Crippen LogP contribution in [-0.4, -0.2) is 32.6 Å². The maximum atomic E-state index is 13.9. The number of para-hydroxylation sites is 1. The summed E-state index contributed by atoms with van der Waals surface area (Å²) >= 11 is 2.51. The quantitative estimate of drug-likeness (QED) is 0.0420. The van der Waals surface area contributed by atoms with E-state index in [4.69, 9.17) is 0 Å². The van der Waals surface area contributed by atoms with E-state index in [1.165, 1.54) is 35.2 Å². The van der Waals surface area contributed by atoms with Crippen molar-refractivity contribution in [3.05, 3.63) is 178 Å². The smallest absolute Gasteiger partial charge is 0.272 e. The molecule has 0 spiro atoms. The van der Waals surface area contributed by atoms with E-state index in [0.717, 1.165) is 22.0 Å². The van der Waals surface area contributed by atoms with Crippen molar-refractivity contribution in [1.29, 1.82) is 0 Å². The first-order chi connectivity index (χ1) is 26.3. The van der Waals surface area contributed by atoms with E-state index in [0.29, 0.717) is 32.5 Å². The highest BCUT2D eigenvalue weighted by Crippen LogP contribution is 2.38. The van der Waals surface area contributed by atoms with Gasteiger partial charge in [0.2, 0.25) is 5.91 Å². The Morgan fingerprint density at radius 1 is 0.833 bits per heavy atom. The van der Waals surface area contributed by atoms with Crippen molar-refractivity contribution in [3.63, 3.8) is 0 Å². The third-order valence-electron chi connectivity index (χ3n) is 8.22. The summed E-state index contributed by atoms with van der Waals surface area (Å²) in [7, 11) is 0. The average molecular weight is 751 g/mol. The van der Waals surface area contributed by atoms with Gasteiger partial charge in [-0.1, -0.05) is 84.9 Å². The van der Waals surface area contributed by atoms with E-state index in [2.05, 4.69) is 25.9 Å². The topological polar surface area (TPSA) is 159 Å². The van der Waals surface area contributed by atoms with Gasteiger partial charge in [0.1, 0.15) is 10.9 Å². The lowest BCUT2D eigenvalue weighted by Gasteiger charge is -2.17. The molecule has 2 heterocycles. The number of aromatic amines is 1. The Kier molecular flexibility index (Phi) is 10.7. The zero-order chi connectivity index (χ0) is 37.4. The largest absolute Gasteiger partial charge is 0.361 e. The normalized spacial score (nSPS) is 11.8. The summed E-state index contributed by atoms with van der Waals surface area (Å²) in [6.07, 6.45) is 3.41. The number of nitrogens with zero attached hydrogens (tertiary/aromatic N) is 2. The molecule has 2 aromatic heterocycles. The first-order valence-corrected chi connectivity index (χ1v) is 18.3. The Balaban J connectivity index is 1.11. The zero-order valence-electron chi connectivity index (χ0n) is 28.3. The Labute approximate surface area is 317 Å². The second kappa shape index (κ2) is 16.2. The van der Waals surface area contributed by atoms with Crippen molar-refractivity contribution in [1.82, 2.24) is 15.3 Å². The first-order valence-electron chi connectivity index (χ1n) is 16.6. The minimum atomic E-state index is -0.704. The third-order valence-corrected chi connectivity index (χ3v) is 10.2. The van der Waals surface area contributed by atoms with Gasteiger partial charge in [0.05, 0.1) is 10.6 Å². The summed E-state index contributed by atoms with van der Waals surface area (Å²) < 4.78 is 0. The molecule has 1 unspecified atom stereocenters. The molecule has 0 fully saturated rings. The van der Waals surface area contributed by atoms with E-state index < -0.39 is 22.0 Å². The van der Waals surface area contributed by atoms with Crippen LogP contribution in [0.25, 0.3) is 28.2 Å². The van der Waals surface area contributed by atoms with Gasteiger partial charge in [-0.3, -0.25) is 24.5 Å². The van der Waals surface area contributed by atoms with E-state index in [9.17, 15) is 24.5 Å². The molecule has 11 nitrogen and oxygen atoms in total. The van der Waals surface area contributed by atoms with Crippen LogP contribution in [0.15, 0.2) is 156 Å². The maximum Gasteiger partial charge on any atom is 0.272 e. The van der Waals surface area contributed by atoms with E-state index >= 15 is 0 Å². The summed E-state index contributed by atoms with van der Waals surface area (Å²) in [5, 5.41) is 22.1. The number of benzene rings is 5. The molecule has 0 saturated carbocycles. The van der Waals surface area contributed by atoms with Gasteiger partial charge in [0.25, 0.3) is 17.5 Å². The molecule has 1 atom stereocenters. The molecule has 54 heavy (non-hydrogen) atoms. The summed E-state index contributed by atoms with van der Waals surface area (Å²) in [5.41, 5.74) is 4.27. The number of H-pyrrole nitrogens is 1. The van der Waals surface area contributed by atoms with Crippen LogP contribution in [0.1, 0.15) is 26.7 Å². The maximum absolute atomic E-state index is 13.9. The minimum Gasteiger partial charge on any atom is -0.361 e. The van der Waals surface area contributed by atoms with Crippen molar-refractivity contribution < 1.29 is 19.3 Å². The van der Waals surface area contributed by atoms with E-state index in [1.807, 2.05) is 60.7 Å². The van der Waals surface area contributed by atoms with Gasteiger partial charge in [0, 0.05) is 61.9 Å². The molecular weight excluding hydrogens is 721 g/mol. The molecule has 266 valence electrons. The van der Waals surface area contributed by atoms with Crippen molar-refractivity contribution in [3.8, 4) is 11.3 Å². The van der Waals surface area contributed by atoms with Gasteiger partial charge in [-0.2, -0.15) is 0 Å². The molecule has 3 amide bonds. The summed E-state index contributed by atoms with van der Waals surface area (Å²) in [5.74, 6) is -1.30. The van der Waals surface area contributed by atoms with Crippen LogP contribution >= 0.6 is 23.1 Å². The lowest BCUT2D eigenvalue weighted by Crippen LogP contribution is -2.30. The van der Waals surface area contributed by atoms with Gasteiger partial charge in [-0.05, 0) is 48.0 Å². The highest BCUT2D eigenvalue weighted by atomic mass is 32.2. The van der Waals surface area contributed by atoms with Crippen molar-refractivity contribution in [2.75, 3.05) is 10.6 Å². The van der Waals surface area contributed by atoms with Crippen LogP contribution < -0.4 is 16.0 Å². The highest BCUT2D eigenvalue weighted by Gasteiger charge is 2.24. The van der Waals surface area contributed by atoms with Crippen molar-refractivity contribution >= 4 is 74.3 Å². The minimum absolute atomic E-state index is 0.0427. The molecule has 5 aromatic carbocycles. The molecule has 0 aliphatic carbocycles. The van der Waals surface area contributed by atoms with Crippen LogP contribution in [0, 0.1) is 10.1 Å². The third kappa shape index (κ3) is 8.44. The predicted octanol–water partition coefficient (Wildman–Crippen LogP) is 9.08. The average Bonchev–Trinajstić information content (AvgIpc) is 3.84. The fourth-order valence-electron chi connectivity index (χ4n) is 5.61. The Hall–Kier alpha value is -6.83. The number of carbonyl (C=O) groups excluding carboxylic acids is 3. The van der Waals surface area contributed by atoms with Gasteiger partial charge in [-0.25, -0.2) is 4.98 Å². The van der Waals surface area contributed by atoms with Gasteiger partial charge >= 0.3 is 0 Å². The number of non-ortho nitro benzene ring substituents is 1. The second-order valence-corrected chi connectivity index (χ2v) is 13.9. The van der Waals surface area contributed by atoms with Crippen LogP contribution in [0.3, 0.4) is 0 Å². The first kappa shape index (κ1) is 35.6. The number of aromatic nitrogens is 2. The highest BCUT2D eigenvalue weighted by molar-refractivity contribution is 8.00. The lowest BCUT2D eigenvalue weighted by molar-refractivity contribution is -0.384. The number of fused-ring (bicyclic) bond motifs is 1. The van der Waals surface area contributed by atoms with Crippen LogP contribution in [0.2, 0.25) is 0 Å². The predicted molar refractivity (Wildman–Crippen MR) is 213 cm³/mol. The Morgan fingerprint density at radius 2 is 1.57 bits per heavy atom. The number of thioether (sulfide) groups is 1. The van der Waals surface area contributed by atoms with Gasteiger partial charge in [-0.15, -0.1) is 23.1 Å². The zero-order valence-corrected chi connectivity index (χ0v) is 29.9. The molecule has 13 heteroatoms. The summed E-state index contributed by atoms with van der Waals surface area (Å²) in [4.78, 5) is 60.1. The number of nitro groups is 1. The van der Waals surface area contributed by atoms with Crippen molar-refractivity contribution in [2.45, 2.75) is 10.1 Å². The number of hydrogen-bond donors (Lipinski definition) is 4. The SMILES string of the molecule is O=C(Nc1cccc(SC(C(=O)Nc2nc(-c3cccc([N+](=O)[O-])c3)cs2)c2ccccc2)c1)/C(=C/c1c[nH]c2ccccc12)NC(=O)c1ccccc1. The van der Waals surface area contributed by atoms with E-state index in [1.54, 1.807) is 78.3 Å². The molecule has 7 aromatic rings. The Morgan fingerprint density at radius 3 is 2.37 bits per heavy atom. The van der Waals surface area contributed by atoms with Crippen molar-refractivity contribution in [2.24, 2.45) is 0 Å². The van der Waals surface area contributed by atoms with Gasteiger partial charge in [0.15, 0.2) is 5.13 Å². The number of amides is 3. The number of carbonyl (C=O) groups is 3.